The Kier molecular flexibility index (Phi) is 5.92. The lowest BCUT2D eigenvalue weighted by Gasteiger charge is -2.37. The van der Waals surface area contributed by atoms with Crippen LogP contribution in [0.2, 0.25) is 0 Å². The lowest BCUT2D eigenvalue weighted by molar-refractivity contribution is -0.153. The number of halogens is 1. The fraction of sp³-hybridized carbons (Fsp3) is 0.875. The molecule has 7 atom stereocenters. The van der Waals surface area contributed by atoms with Gasteiger partial charge in [0.1, 0.15) is 5.60 Å². The van der Waals surface area contributed by atoms with E-state index >= 15 is 0 Å². The van der Waals surface area contributed by atoms with Gasteiger partial charge in [0.25, 0.3) is 6.47 Å². The van der Waals surface area contributed by atoms with E-state index in [1.165, 1.54) is 0 Å². The first kappa shape index (κ1) is 18.5. The number of rotatable bonds is 9. The molecule has 0 aliphatic carbocycles. The van der Waals surface area contributed by atoms with Crippen LogP contribution in [0.5, 0.6) is 0 Å². The van der Waals surface area contributed by atoms with Gasteiger partial charge in [0.05, 0.1) is 30.3 Å². The van der Waals surface area contributed by atoms with Crippen molar-refractivity contribution in [1.82, 2.24) is 5.32 Å². The van der Waals surface area contributed by atoms with Gasteiger partial charge in [0, 0.05) is 11.8 Å². The third kappa shape index (κ3) is 3.35. The molecule has 0 aromatic heterocycles. The predicted octanol–water partition coefficient (Wildman–Crippen LogP) is 1.23. The fourth-order valence-electron chi connectivity index (χ4n) is 3.86. The average Bonchev–Trinajstić information content (AvgIpc) is 3.25. The molecule has 1 amide bonds. The van der Waals surface area contributed by atoms with Gasteiger partial charge >= 0.3 is 0 Å². The monoisotopic (exact) mass is 347 g/mol. The van der Waals surface area contributed by atoms with Crippen molar-refractivity contribution in [3.63, 3.8) is 0 Å². The summed E-state index contributed by atoms with van der Waals surface area (Å²) in [4.78, 5) is 23.3. The number of alkyl halides is 1. The van der Waals surface area contributed by atoms with Gasteiger partial charge in [0.2, 0.25) is 5.91 Å². The SMILES string of the molecule is CCC1O[C@@H]1[C@H](CC)[C@H](O)[C@H]1NC(=O)[C@H](CCCl)[C@]1(C)OC=O. The van der Waals surface area contributed by atoms with Crippen molar-refractivity contribution in [3.05, 3.63) is 0 Å². The second-order valence-electron chi connectivity index (χ2n) is 6.52. The highest BCUT2D eigenvalue weighted by molar-refractivity contribution is 6.18. The van der Waals surface area contributed by atoms with Gasteiger partial charge in [-0.15, -0.1) is 11.6 Å². The Bertz CT molecular complexity index is 448. The van der Waals surface area contributed by atoms with Crippen LogP contribution in [0.4, 0.5) is 0 Å². The van der Waals surface area contributed by atoms with E-state index in [1.807, 2.05) is 13.8 Å². The van der Waals surface area contributed by atoms with E-state index in [4.69, 9.17) is 21.1 Å². The molecule has 2 rings (SSSR count). The predicted molar refractivity (Wildman–Crippen MR) is 85.1 cm³/mol. The Morgan fingerprint density at radius 3 is 2.70 bits per heavy atom. The molecule has 23 heavy (non-hydrogen) atoms. The van der Waals surface area contributed by atoms with Crippen LogP contribution in [-0.4, -0.2) is 53.3 Å². The smallest absolute Gasteiger partial charge is 0.293 e. The topological polar surface area (TPSA) is 88.2 Å². The summed E-state index contributed by atoms with van der Waals surface area (Å²) in [6, 6.07) is -0.667. The molecule has 0 aromatic rings. The van der Waals surface area contributed by atoms with Crippen LogP contribution in [0.25, 0.3) is 0 Å². The Labute approximate surface area is 141 Å². The minimum Gasteiger partial charge on any atom is -0.458 e. The van der Waals surface area contributed by atoms with Crippen LogP contribution in [-0.2, 0) is 19.1 Å². The molecule has 6 nitrogen and oxygen atoms in total. The van der Waals surface area contributed by atoms with Crippen LogP contribution >= 0.6 is 11.6 Å². The second-order valence-corrected chi connectivity index (χ2v) is 6.90. The molecular formula is C16H26ClNO5. The zero-order chi connectivity index (χ0) is 17.2. The van der Waals surface area contributed by atoms with Gasteiger partial charge in [-0.3, -0.25) is 9.59 Å². The first-order chi connectivity index (χ1) is 10.9. The molecule has 1 unspecified atom stereocenters. The average molecular weight is 348 g/mol. The number of epoxide rings is 1. The molecule has 2 N–H and O–H groups in total. The quantitative estimate of drug-likeness (QED) is 0.372. The maximum atomic E-state index is 12.3. The highest BCUT2D eigenvalue weighted by Crippen LogP contribution is 2.42. The lowest BCUT2D eigenvalue weighted by atomic mass is 9.78. The first-order valence-corrected chi connectivity index (χ1v) is 8.79. The summed E-state index contributed by atoms with van der Waals surface area (Å²) in [6.45, 7) is 6.04. The molecule has 2 heterocycles. The normalized spacial score (nSPS) is 38.7. The number of nitrogens with one attached hydrogen (secondary N) is 1. The molecule has 0 aromatic carbocycles. The summed E-state index contributed by atoms with van der Waals surface area (Å²) < 4.78 is 10.9. The maximum absolute atomic E-state index is 12.3. The summed E-state index contributed by atoms with van der Waals surface area (Å²) in [6.07, 6.45) is 1.28. The van der Waals surface area contributed by atoms with E-state index in [0.29, 0.717) is 19.3 Å². The number of aliphatic hydroxyl groups excluding tert-OH is 1. The molecule has 0 saturated carbocycles. The van der Waals surface area contributed by atoms with Crippen LogP contribution in [0.15, 0.2) is 0 Å². The molecule has 2 aliphatic heterocycles. The number of ether oxygens (including phenoxy) is 2. The van der Waals surface area contributed by atoms with Gasteiger partial charge in [-0.2, -0.15) is 0 Å². The molecule has 0 bridgehead atoms. The van der Waals surface area contributed by atoms with Crippen molar-refractivity contribution in [2.45, 2.75) is 70.0 Å². The van der Waals surface area contributed by atoms with Crippen LogP contribution < -0.4 is 5.32 Å². The number of hydrogen-bond acceptors (Lipinski definition) is 5. The molecule has 2 fully saturated rings. The Hall–Kier alpha value is -0.850. The molecule has 0 spiro atoms. The molecule has 7 heteroatoms. The van der Waals surface area contributed by atoms with E-state index in [9.17, 15) is 14.7 Å². The number of carbonyl (C=O) groups excluding carboxylic acids is 2. The van der Waals surface area contributed by atoms with Crippen molar-refractivity contribution in [3.8, 4) is 0 Å². The number of aliphatic hydroxyl groups is 1. The summed E-state index contributed by atoms with van der Waals surface area (Å²) in [7, 11) is 0. The highest BCUT2D eigenvalue weighted by atomic mass is 35.5. The summed E-state index contributed by atoms with van der Waals surface area (Å²) in [5, 5.41) is 13.7. The maximum Gasteiger partial charge on any atom is 0.293 e. The third-order valence-corrected chi connectivity index (χ3v) is 5.54. The standard InChI is InChI=1S/C16H26ClNO5/c1-4-9(13-11(5-2)23-13)12(20)14-16(3,22-8-19)10(6-7-17)15(21)18-14/h8-14,20H,4-7H2,1-3H3,(H,18,21)/t9-,10+,11?,12+,13-,14-,16+/m1/s1. The minimum atomic E-state index is -1.11. The van der Waals surface area contributed by atoms with E-state index in [2.05, 4.69) is 5.32 Å². The number of carbonyl (C=O) groups is 2. The second kappa shape index (κ2) is 7.36. The van der Waals surface area contributed by atoms with Gasteiger partial charge in [0.15, 0.2) is 0 Å². The highest BCUT2D eigenvalue weighted by Gasteiger charge is 2.59. The van der Waals surface area contributed by atoms with Crippen LogP contribution in [0, 0.1) is 11.8 Å². The van der Waals surface area contributed by atoms with Crippen molar-refractivity contribution < 1.29 is 24.2 Å². The zero-order valence-electron chi connectivity index (χ0n) is 13.8. The van der Waals surface area contributed by atoms with Crippen LogP contribution in [0.3, 0.4) is 0 Å². The first-order valence-electron chi connectivity index (χ1n) is 8.25. The van der Waals surface area contributed by atoms with Gasteiger partial charge in [-0.25, -0.2) is 0 Å². The molecule has 2 saturated heterocycles. The van der Waals surface area contributed by atoms with Crippen molar-refractivity contribution >= 4 is 24.0 Å². The van der Waals surface area contributed by atoms with E-state index < -0.39 is 23.7 Å². The van der Waals surface area contributed by atoms with Gasteiger partial charge in [-0.1, -0.05) is 13.8 Å². The number of hydrogen-bond donors (Lipinski definition) is 2. The molecule has 0 radical (unpaired) electrons. The molecular weight excluding hydrogens is 322 g/mol. The van der Waals surface area contributed by atoms with Crippen molar-refractivity contribution in [2.75, 3.05) is 5.88 Å². The van der Waals surface area contributed by atoms with E-state index in [1.54, 1.807) is 6.92 Å². The Morgan fingerprint density at radius 1 is 1.52 bits per heavy atom. The lowest BCUT2D eigenvalue weighted by Crippen LogP contribution is -2.55. The Balaban J connectivity index is 2.21. The van der Waals surface area contributed by atoms with Crippen LogP contribution in [0.1, 0.15) is 40.0 Å². The summed E-state index contributed by atoms with van der Waals surface area (Å²) in [5.74, 6) is -0.642. The van der Waals surface area contributed by atoms with E-state index in [0.717, 1.165) is 6.42 Å². The number of amides is 1. The summed E-state index contributed by atoms with van der Waals surface area (Å²) in [5.41, 5.74) is -1.11. The van der Waals surface area contributed by atoms with Crippen molar-refractivity contribution in [1.29, 1.82) is 0 Å². The fourth-order valence-corrected chi connectivity index (χ4v) is 4.08. The minimum absolute atomic E-state index is 0.00976. The van der Waals surface area contributed by atoms with Gasteiger partial charge < -0.3 is 19.9 Å². The molecule has 2 aliphatic rings. The van der Waals surface area contributed by atoms with E-state index in [-0.39, 0.29) is 29.9 Å². The zero-order valence-corrected chi connectivity index (χ0v) is 14.6. The third-order valence-electron chi connectivity index (χ3n) is 5.32. The Morgan fingerprint density at radius 2 is 2.22 bits per heavy atom. The molecule has 132 valence electrons. The largest absolute Gasteiger partial charge is 0.458 e. The summed E-state index contributed by atoms with van der Waals surface area (Å²) >= 11 is 5.78. The van der Waals surface area contributed by atoms with Crippen molar-refractivity contribution in [2.24, 2.45) is 11.8 Å². The van der Waals surface area contributed by atoms with Gasteiger partial charge in [-0.05, 0) is 26.2 Å².